The Balaban J connectivity index is 1.37. The van der Waals surface area contributed by atoms with E-state index in [1.807, 2.05) is 0 Å². The number of hydrogen-bond acceptors (Lipinski definition) is 25. The monoisotopic (exact) mass is 1240 g/mol. The lowest BCUT2D eigenvalue weighted by molar-refractivity contribution is -0.400. The Labute approximate surface area is 507 Å². The number of rotatable bonds is 23. The Morgan fingerprint density at radius 1 is 0.500 bits per heavy atom. The van der Waals surface area contributed by atoms with Crippen molar-refractivity contribution in [3.05, 3.63) is 0 Å². The average Bonchev–Trinajstić information content (AvgIpc) is 1.01. The molecule has 0 aromatic heterocycles. The van der Waals surface area contributed by atoms with Crippen LogP contribution in [0, 0.1) is 5.92 Å². The van der Waals surface area contributed by atoms with Crippen molar-refractivity contribution in [2.75, 3.05) is 6.61 Å². The van der Waals surface area contributed by atoms with Gasteiger partial charge in [-0.25, -0.2) is 0 Å². The Morgan fingerprint density at radius 2 is 1.07 bits per heavy atom. The van der Waals surface area contributed by atoms with Gasteiger partial charge in [-0.15, -0.1) is 0 Å². The van der Waals surface area contributed by atoms with Gasteiger partial charge < -0.3 is 108 Å². The van der Waals surface area contributed by atoms with Crippen molar-refractivity contribution >= 4 is 17.9 Å². The number of aliphatic hydroxyl groups excluding tert-OH is 9. The van der Waals surface area contributed by atoms with Crippen LogP contribution in [0.2, 0.25) is 0 Å². The molecule has 0 amide bonds. The molecule has 0 radical (unpaired) electrons. The molecular weight excluding hydrogens is 1130 g/mol. The van der Waals surface area contributed by atoms with E-state index in [0.29, 0.717) is 38.5 Å². The maximum absolute atomic E-state index is 14.3. The number of ether oxygens (including phenoxy) is 13. The molecule has 25 nitrogen and oxygen atoms in total. The van der Waals surface area contributed by atoms with Gasteiger partial charge in [-0.1, -0.05) is 124 Å². The highest BCUT2D eigenvalue weighted by Gasteiger charge is 2.59. The van der Waals surface area contributed by atoms with Crippen LogP contribution in [0.5, 0.6) is 0 Å². The van der Waals surface area contributed by atoms with Gasteiger partial charge in [0.1, 0.15) is 79.4 Å². The summed E-state index contributed by atoms with van der Waals surface area (Å²) < 4.78 is 82.0. The number of unbranched alkanes of at least 4 members (excludes halogenated alkanes) is 8. The summed E-state index contributed by atoms with van der Waals surface area (Å²) in [5.74, 6) is -2.66. The van der Waals surface area contributed by atoms with Crippen LogP contribution in [-0.4, -0.2) is 230 Å². The number of carbonyl (C=O) groups is 3. The Hall–Kier alpha value is -2.35. The summed E-state index contributed by atoms with van der Waals surface area (Å²) in [5, 5.41) is 102. The van der Waals surface area contributed by atoms with E-state index in [9.17, 15) is 60.3 Å². The molecule has 6 heterocycles. The zero-order chi connectivity index (χ0) is 62.8. The van der Waals surface area contributed by atoms with Gasteiger partial charge in [0.25, 0.3) is 0 Å². The summed E-state index contributed by atoms with van der Waals surface area (Å²) in [6.45, 7) is 12.9. The van der Waals surface area contributed by atoms with Crippen LogP contribution < -0.4 is 0 Å². The molecule has 0 saturated carbocycles. The molecule has 0 unspecified atom stereocenters. The van der Waals surface area contributed by atoms with E-state index >= 15 is 0 Å². The zero-order valence-corrected chi connectivity index (χ0v) is 51.9. The summed E-state index contributed by atoms with van der Waals surface area (Å²) in [5.41, 5.74) is 0. The van der Waals surface area contributed by atoms with Gasteiger partial charge in [0, 0.05) is 12.8 Å². The molecule has 2 bridgehead atoms. The normalized spacial score (nSPS) is 42.0. The molecule has 9 N–H and O–H groups in total. The van der Waals surface area contributed by atoms with Gasteiger partial charge in [0.05, 0.1) is 43.0 Å². The lowest BCUT2D eigenvalue weighted by Crippen LogP contribution is -2.68. The fourth-order valence-electron chi connectivity index (χ4n) is 12.0. The third kappa shape index (κ3) is 19.8. The maximum atomic E-state index is 14.3. The SMILES string of the molecule is CCCCCCCCCC(=O)O[C@@H]1[C@@H](O[C@H]2[C@@H]3OC(=O)CCCCCCCCC[C@@H](CCCCC)O[C@@H]4O[C@H](C)[C@@H](O)[C@H](O)[C@H]4O[C@@H](O[C@H]2C)[C@H]3O)O[C@@H](C)[C@H](O[C@H]2O[C@@H](C)[C@H](OC(=O)[C@H](C)CC)[C@@H](O)[C@@H]2O)[C@H]1O[C@H]1O[C@@H](CO)[C@H](O)[C@@H](O)[C@@H]1O. The van der Waals surface area contributed by atoms with Crippen LogP contribution in [-0.2, 0) is 76.0 Å². The van der Waals surface area contributed by atoms with E-state index < -0.39 is 184 Å². The van der Waals surface area contributed by atoms with Crippen molar-refractivity contribution in [3.63, 3.8) is 0 Å². The Bertz CT molecular complexity index is 1970. The summed E-state index contributed by atoms with van der Waals surface area (Å²) in [6.07, 6.45) is -23.6. The van der Waals surface area contributed by atoms with Crippen LogP contribution >= 0.6 is 0 Å². The Morgan fingerprint density at radius 3 is 1.76 bits per heavy atom. The van der Waals surface area contributed by atoms with Crippen LogP contribution in [0.15, 0.2) is 0 Å². The highest BCUT2D eigenvalue weighted by atomic mass is 16.8. The molecule has 6 saturated heterocycles. The molecule has 6 aliphatic rings. The third-order valence-corrected chi connectivity index (χ3v) is 17.7. The van der Waals surface area contributed by atoms with Crippen LogP contribution in [0.4, 0.5) is 0 Å². The second kappa shape index (κ2) is 36.0. The predicted octanol–water partition coefficient (Wildman–Crippen LogP) is 3.52. The van der Waals surface area contributed by atoms with Gasteiger partial charge in [0.2, 0.25) is 0 Å². The summed E-state index contributed by atoms with van der Waals surface area (Å²) in [4.78, 5) is 41.2. The van der Waals surface area contributed by atoms with E-state index in [1.54, 1.807) is 20.8 Å². The minimum absolute atomic E-state index is 0.0431. The maximum Gasteiger partial charge on any atom is 0.309 e. The van der Waals surface area contributed by atoms with Crippen LogP contribution in [0.25, 0.3) is 0 Å². The molecule has 86 heavy (non-hydrogen) atoms. The van der Waals surface area contributed by atoms with Crippen molar-refractivity contribution in [2.45, 2.75) is 356 Å². The van der Waals surface area contributed by atoms with Crippen molar-refractivity contribution in [1.82, 2.24) is 0 Å². The number of fused-ring (bicyclic) bond motifs is 3. The standard InChI is InChI=1S/C61H106O25/c1-9-12-14-15-17-21-26-30-40(64)81-55-54(86-58-46(70)43(67)42(66)38(31-62)79-58)51(83-57-47(71)45(69)49(34(6)75-57)82-56(73)32(4)11-3)36(8)77-61(55)84-50-35(7)76-59-48(72)52(50)80-39(63)29-25-22-19-16-18-20-24-28-37(27-23-13-10-2)78-60-53(85-59)44(68)41(65)33(5)74-60/h32-38,41-55,57-62,65-72H,9-31H2,1-8H3/t32-,33-,34+,35+,36+,37-,38+,41-,42+,43-,44+,45+,46+,47+,48+,49+,50-,51+,52-,53-,54-,55+,57-,58-,59-,60+,61-/m1/s1. The highest BCUT2D eigenvalue weighted by molar-refractivity contribution is 5.72. The molecule has 6 rings (SSSR count). The molecule has 6 aliphatic heterocycles. The Kier molecular flexibility index (Phi) is 30.5. The van der Waals surface area contributed by atoms with E-state index in [1.165, 1.54) is 20.8 Å². The fourth-order valence-corrected chi connectivity index (χ4v) is 12.0. The summed E-state index contributed by atoms with van der Waals surface area (Å²) >= 11 is 0. The zero-order valence-electron chi connectivity index (χ0n) is 51.9. The minimum atomic E-state index is -2.02. The minimum Gasteiger partial charge on any atom is -0.457 e. The third-order valence-electron chi connectivity index (χ3n) is 17.7. The van der Waals surface area contributed by atoms with Gasteiger partial charge in [0.15, 0.2) is 49.8 Å². The van der Waals surface area contributed by atoms with Gasteiger partial charge in [-0.2, -0.15) is 0 Å². The van der Waals surface area contributed by atoms with E-state index in [2.05, 4.69) is 13.8 Å². The van der Waals surface area contributed by atoms with Crippen molar-refractivity contribution in [1.29, 1.82) is 0 Å². The van der Waals surface area contributed by atoms with Crippen LogP contribution in [0.3, 0.4) is 0 Å². The van der Waals surface area contributed by atoms with Crippen molar-refractivity contribution in [3.8, 4) is 0 Å². The molecule has 27 atom stereocenters. The van der Waals surface area contributed by atoms with Crippen molar-refractivity contribution in [2.24, 2.45) is 5.92 Å². The van der Waals surface area contributed by atoms with Crippen LogP contribution in [0.1, 0.15) is 197 Å². The first-order valence-electron chi connectivity index (χ1n) is 32.3. The van der Waals surface area contributed by atoms with Gasteiger partial charge in [-0.3, -0.25) is 14.4 Å². The lowest BCUT2D eigenvalue weighted by Gasteiger charge is -2.51. The van der Waals surface area contributed by atoms with E-state index in [0.717, 1.165) is 89.9 Å². The quantitative estimate of drug-likeness (QED) is 0.0401. The molecule has 0 aromatic carbocycles. The molecule has 0 spiro atoms. The molecular formula is C61H106O25. The highest BCUT2D eigenvalue weighted by Crippen LogP contribution is 2.39. The molecule has 0 aromatic rings. The summed E-state index contributed by atoms with van der Waals surface area (Å²) in [7, 11) is 0. The number of hydrogen-bond donors (Lipinski definition) is 9. The van der Waals surface area contributed by atoms with Gasteiger partial charge >= 0.3 is 17.9 Å². The average molecular weight is 1240 g/mol. The summed E-state index contributed by atoms with van der Waals surface area (Å²) in [6, 6.07) is 0. The van der Waals surface area contributed by atoms with Gasteiger partial charge in [-0.05, 0) is 59.8 Å². The van der Waals surface area contributed by atoms with E-state index in [4.69, 9.17) is 61.6 Å². The smallest absolute Gasteiger partial charge is 0.309 e. The number of aliphatic hydroxyl groups is 9. The molecule has 0 aliphatic carbocycles. The number of esters is 3. The largest absolute Gasteiger partial charge is 0.457 e. The first-order chi connectivity index (χ1) is 41.1. The number of carbonyl (C=O) groups excluding carboxylic acids is 3. The molecule has 25 heteroatoms. The molecule has 6 fully saturated rings. The molecule has 500 valence electrons. The fraction of sp³-hybridized carbons (Fsp3) is 0.951. The first-order valence-corrected chi connectivity index (χ1v) is 32.3. The predicted molar refractivity (Wildman–Crippen MR) is 303 cm³/mol. The topological polar surface area (TPSA) is 353 Å². The first kappa shape index (κ1) is 72.7. The second-order valence-corrected chi connectivity index (χ2v) is 24.6. The second-order valence-electron chi connectivity index (χ2n) is 24.6. The van der Waals surface area contributed by atoms with Crippen molar-refractivity contribution < 1.29 is 122 Å². The van der Waals surface area contributed by atoms with E-state index in [-0.39, 0.29) is 18.9 Å². The lowest BCUT2D eigenvalue weighted by atomic mass is 9.95.